The Hall–Kier alpha value is -1.08. The second-order valence-electron chi connectivity index (χ2n) is 4.15. The molecule has 0 rings (SSSR count). The zero-order valence-corrected chi connectivity index (χ0v) is 11.2. The molecule has 0 spiro atoms. The van der Waals surface area contributed by atoms with Gasteiger partial charge in [-0.3, -0.25) is 4.79 Å². The van der Waals surface area contributed by atoms with Crippen LogP contribution in [0.1, 0.15) is 46.5 Å². The standard InChI is InChI=1S/C13H24N2O2/c1-4-7-13(11-14,8-5-2)12(16)15-9-10-17-6-3/h4-10H2,1-3H3,(H,15,16). The molecule has 0 aliphatic heterocycles. The number of nitrogens with zero attached hydrogens (tertiary/aromatic N) is 1. The summed E-state index contributed by atoms with van der Waals surface area (Å²) in [5.41, 5.74) is -0.851. The molecule has 0 aromatic carbocycles. The van der Waals surface area contributed by atoms with Gasteiger partial charge in [0, 0.05) is 13.2 Å². The maximum Gasteiger partial charge on any atom is 0.240 e. The zero-order chi connectivity index (χ0) is 13.1. The van der Waals surface area contributed by atoms with Gasteiger partial charge in [-0.25, -0.2) is 0 Å². The SMILES string of the molecule is CCCC(C#N)(CCC)C(=O)NCCOCC. The quantitative estimate of drug-likeness (QED) is 0.629. The minimum atomic E-state index is -0.851. The first-order valence-corrected chi connectivity index (χ1v) is 6.44. The van der Waals surface area contributed by atoms with Crippen molar-refractivity contribution < 1.29 is 9.53 Å². The summed E-state index contributed by atoms with van der Waals surface area (Å²) < 4.78 is 5.15. The van der Waals surface area contributed by atoms with Crippen molar-refractivity contribution in [3.8, 4) is 6.07 Å². The van der Waals surface area contributed by atoms with E-state index in [1.54, 1.807) is 0 Å². The van der Waals surface area contributed by atoms with Gasteiger partial charge < -0.3 is 10.1 Å². The van der Waals surface area contributed by atoms with Gasteiger partial charge in [0.15, 0.2) is 0 Å². The van der Waals surface area contributed by atoms with Crippen LogP contribution in [-0.4, -0.2) is 25.7 Å². The van der Waals surface area contributed by atoms with Crippen LogP contribution in [0.15, 0.2) is 0 Å². The maximum absolute atomic E-state index is 12.1. The second-order valence-corrected chi connectivity index (χ2v) is 4.15. The summed E-state index contributed by atoms with van der Waals surface area (Å²) in [6.45, 7) is 7.52. The minimum absolute atomic E-state index is 0.150. The lowest BCUT2D eigenvalue weighted by molar-refractivity contribution is -0.129. The van der Waals surface area contributed by atoms with E-state index in [9.17, 15) is 10.1 Å². The van der Waals surface area contributed by atoms with E-state index in [0.29, 0.717) is 32.6 Å². The molecule has 0 aromatic heterocycles. The zero-order valence-electron chi connectivity index (χ0n) is 11.2. The van der Waals surface area contributed by atoms with Gasteiger partial charge >= 0.3 is 0 Å². The molecule has 0 atom stereocenters. The van der Waals surface area contributed by atoms with E-state index < -0.39 is 5.41 Å². The topological polar surface area (TPSA) is 62.1 Å². The average molecular weight is 240 g/mol. The van der Waals surface area contributed by atoms with Crippen molar-refractivity contribution >= 4 is 5.91 Å². The van der Waals surface area contributed by atoms with Crippen molar-refractivity contribution in [2.24, 2.45) is 5.41 Å². The third-order valence-electron chi connectivity index (χ3n) is 2.74. The molecule has 0 radical (unpaired) electrons. The van der Waals surface area contributed by atoms with E-state index in [4.69, 9.17) is 4.74 Å². The molecule has 1 N–H and O–H groups in total. The fourth-order valence-corrected chi connectivity index (χ4v) is 1.92. The Morgan fingerprint density at radius 3 is 2.29 bits per heavy atom. The van der Waals surface area contributed by atoms with E-state index in [1.165, 1.54) is 0 Å². The highest BCUT2D eigenvalue weighted by Crippen LogP contribution is 2.29. The average Bonchev–Trinajstić information content (AvgIpc) is 2.34. The lowest BCUT2D eigenvalue weighted by Crippen LogP contribution is -2.41. The summed E-state index contributed by atoms with van der Waals surface area (Å²) in [7, 11) is 0. The number of carbonyl (C=O) groups is 1. The molecule has 0 unspecified atom stereocenters. The third-order valence-corrected chi connectivity index (χ3v) is 2.74. The fraction of sp³-hybridized carbons (Fsp3) is 0.846. The van der Waals surface area contributed by atoms with E-state index in [2.05, 4.69) is 11.4 Å². The molecule has 0 fully saturated rings. The predicted molar refractivity (Wildman–Crippen MR) is 67.4 cm³/mol. The first kappa shape index (κ1) is 15.9. The number of carbonyl (C=O) groups excluding carboxylic acids is 1. The van der Waals surface area contributed by atoms with E-state index >= 15 is 0 Å². The van der Waals surface area contributed by atoms with Crippen LogP contribution in [0, 0.1) is 16.7 Å². The molecular formula is C13H24N2O2. The molecule has 0 heterocycles. The summed E-state index contributed by atoms with van der Waals surface area (Å²) in [5, 5.41) is 12.1. The number of ether oxygens (including phenoxy) is 1. The van der Waals surface area contributed by atoms with Gasteiger partial charge in [0.1, 0.15) is 5.41 Å². The lowest BCUT2D eigenvalue weighted by Gasteiger charge is -2.24. The molecule has 0 saturated heterocycles. The van der Waals surface area contributed by atoms with Gasteiger partial charge in [0.2, 0.25) is 5.91 Å². The van der Waals surface area contributed by atoms with Crippen LogP contribution in [-0.2, 0) is 9.53 Å². The van der Waals surface area contributed by atoms with Crippen LogP contribution in [0.2, 0.25) is 0 Å². The van der Waals surface area contributed by atoms with Crippen molar-refractivity contribution in [2.45, 2.75) is 46.5 Å². The Bertz CT molecular complexity index is 253. The Kier molecular flexibility index (Phi) is 8.43. The molecule has 0 aliphatic carbocycles. The first-order valence-electron chi connectivity index (χ1n) is 6.44. The van der Waals surface area contributed by atoms with Crippen molar-refractivity contribution in [3.63, 3.8) is 0 Å². The maximum atomic E-state index is 12.1. The number of amides is 1. The van der Waals surface area contributed by atoms with Gasteiger partial charge in [-0.15, -0.1) is 0 Å². The first-order chi connectivity index (χ1) is 8.16. The number of nitrogens with one attached hydrogen (secondary N) is 1. The van der Waals surface area contributed by atoms with Crippen molar-refractivity contribution in [1.29, 1.82) is 5.26 Å². The van der Waals surface area contributed by atoms with Gasteiger partial charge in [-0.2, -0.15) is 5.26 Å². The van der Waals surface area contributed by atoms with Crippen LogP contribution >= 0.6 is 0 Å². The molecule has 0 bridgehead atoms. The molecule has 1 amide bonds. The Labute approximate surface area is 104 Å². The number of rotatable bonds is 9. The summed E-state index contributed by atoms with van der Waals surface area (Å²) in [4.78, 5) is 12.1. The molecular weight excluding hydrogens is 216 g/mol. The fourth-order valence-electron chi connectivity index (χ4n) is 1.92. The van der Waals surface area contributed by atoms with Crippen LogP contribution in [0.5, 0.6) is 0 Å². The van der Waals surface area contributed by atoms with Crippen LogP contribution < -0.4 is 5.32 Å². The van der Waals surface area contributed by atoms with Gasteiger partial charge in [-0.05, 0) is 19.8 Å². The molecule has 0 aromatic rings. The van der Waals surface area contributed by atoms with Crippen LogP contribution in [0.3, 0.4) is 0 Å². The van der Waals surface area contributed by atoms with E-state index in [-0.39, 0.29) is 5.91 Å². The van der Waals surface area contributed by atoms with Crippen molar-refractivity contribution in [1.82, 2.24) is 5.32 Å². The van der Waals surface area contributed by atoms with Gasteiger partial charge in [-0.1, -0.05) is 26.7 Å². The second kappa shape index (κ2) is 9.00. The lowest BCUT2D eigenvalue weighted by atomic mass is 9.80. The number of hydrogen-bond acceptors (Lipinski definition) is 3. The summed E-state index contributed by atoms with van der Waals surface area (Å²) in [6.07, 6.45) is 2.93. The Balaban J connectivity index is 4.37. The molecule has 0 saturated carbocycles. The Morgan fingerprint density at radius 2 is 1.88 bits per heavy atom. The minimum Gasteiger partial charge on any atom is -0.380 e. The van der Waals surface area contributed by atoms with E-state index in [0.717, 1.165) is 12.8 Å². The molecule has 17 heavy (non-hydrogen) atoms. The third kappa shape index (κ3) is 5.18. The number of hydrogen-bond donors (Lipinski definition) is 1. The molecule has 98 valence electrons. The highest BCUT2D eigenvalue weighted by atomic mass is 16.5. The molecule has 0 aliphatic rings. The largest absolute Gasteiger partial charge is 0.380 e. The highest BCUT2D eigenvalue weighted by molar-refractivity contribution is 5.85. The van der Waals surface area contributed by atoms with Crippen molar-refractivity contribution in [2.75, 3.05) is 19.8 Å². The highest BCUT2D eigenvalue weighted by Gasteiger charge is 2.36. The van der Waals surface area contributed by atoms with Crippen molar-refractivity contribution in [3.05, 3.63) is 0 Å². The molecule has 4 nitrogen and oxygen atoms in total. The van der Waals surface area contributed by atoms with E-state index in [1.807, 2.05) is 20.8 Å². The summed E-state index contributed by atoms with van der Waals surface area (Å²) in [6, 6.07) is 2.21. The van der Waals surface area contributed by atoms with Gasteiger partial charge in [0.05, 0.1) is 12.7 Å². The van der Waals surface area contributed by atoms with Crippen LogP contribution in [0.25, 0.3) is 0 Å². The smallest absolute Gasteiger partial charge is 0.240 e. The monoisotopic (exact) mass is 240 g/mol. The Morgan fingerprint density at radius 1 is 1.29 bits per heavy atom. The number of nitriles is 1. The van der Waals surface area contributed by atoms with Crippen LogP contribution in [0.4, 0.5) is 0 Å². The predicted octanol–water partition coefficient (Wildman–Crippen LogP) is 2.25. The summed E-state index contributed by atoms with van der Waals surface area (Å²) in [5.74, 6) is -0.150. The van der Waals surface area contributed by atoms with Gasteiger partial charge in [0.25, 0.3) is 0 Å². The normalized spacial score (nSPS) is 10.9. The molecule has 4 heteroatoms. The summed E-state index contributed by atoms with van der Waals surface area (Å²) >= 11 is 0.